The summed E-state index contributed by atoms with van der Waals surface area (Å²) in [6.07, 6.45) is 3.77. The molecule has 98 valence electrons. The Bertz CT molecular complexity index is 427. The van der Waals surface area contributed by atoms with Crippen LogP contribution in [0.25, 0.3) is 0 Å². The third-order valence-electron chi connectivity index (χ3n) is 4.35. The van der Waals surface area contributed by atoms with Gasteiger partial charge in [-0.1, -0.05) is 32.0 Å². The molecule has 2 atom stereocenters. The van der Waals surface area contributed by atoms with E-state index >= 15 is 0 Å². The van der Waals surface area contributed by atoms with Crippen LogP contribution >= 0.6 is 0 Å². The fourth-order valence-electron chi connectivity index (χ4n) is 3.14. The summed E-state index contributed by atoms with van der Waals surface area (Å²) < 4.78 is 5.84. The molecule has 18 heavy (non-hydrogen) atoms. The summed E-state index contributed by atoms with van der Waals surface area (Å²) >= 11 is 0. The highest BCUT2D eigenvalue weighted by Crippen LogP contribution is 2.47. The van der Waals surface area contributed by atoms with Gasteiger partial charge in [0.25, 0.3) is 0 Å². The van der Waals surface area contributed by atoms with Crippen molar-refractivity contribution in [2.24, 2.45) is 5.92 Å². The lowest BCUT2D eigenvalue weighted by Crippen LogP contribution is -2.36. The van der Waals surface area contributed by atoms with Crippen LogP contribution < -0.4 is 10.1 Å². The molecule has 0 amide bonds. The fraction of sp³-hybridized carbons (Fsp3) is 0.625. The zero-order valence-corrected chi connectivity index (χ0v) is 11.4. The van der Waals surface area contributed by atoms with E-state index in [1.54, 1.807) is 0 Å². The van der Waals surface area contributed by atoms with Crippen molar-refractivity contribution in [2.75, 3.05) is 13.2 Å². The van der Waals surface area contributed by atoms with Gasteiger partial charge in [-0.05, 0) is 42.3 Å². The molecule has 1 aliphatic heterocycles. The van der Waals surface area contributed by atoms with Crippen molar-refractivity contribution >= 4 is 0 Å². The van der Waals surface area contributed by atoms with Gasteiger partial charge in [0.05, 0.1) is 6.61 Å². The van der Waals surface area contributed by atoms with Gasteiger partial charge in [-0.25, -0.2) is 0 Å². The van der Waals surface area contributed by atoms with Crippen molar-refractivity contribution in [3.8, 4) is 5.75 Å². The van der Waals surface area contributed by atoms with E-state index in [-0.39, 0.29) is 0 Å². The summed E-state index contributed by atoms with van der Waals surface area (Å²) in [7, 11) is 0. The number of para-hydroxylation sites is 1. The van der Waals surface area contributed by atoms with Crippen LogP contribution in [-0.4, -0.2) is 19.2 Å². The summed E-state index contributed by atoms with van der Waals surface area (Å²) in [5, 5.41) is 3.57. The minimum atomic E-state index is 0.587. The average Bonchev–Trinajstić information content (AvgIpc) is 2.76. The van der Waals surface area contributed by atoms with Crippen LogP contribution in [0.4, 0.5) is 0 Å². The Labute approximate surface area is 110 Å². The second-order valence-corrected chi connectivity index (χ2v) is 5.94. The monoisotopic (exact) mass is 245 g/mol. The van der Waals surface area contributed by atoms with Gasteiger partial charge in [-0.3, -0.25) is 0 Å². The van der Waals surface area contributed by atoms with Gasteiger partial charge >= 0.3 is 0 Å². The maximum Gasteiger partial charge on any atom is 0.126 e. The lowest BCUT2D eigenvalue weighted by molar-refractivity contribution is 0.234. The van der Waals surface area contributed by atoms with E-state index in [1.807, 2.05) is 0 Å². The molecule has 1 N–H and O–H groups in total. The van der Waals surface area contributed by atoms with Crippen LogP contribution in [0.3, 0.4) is 0 Å². The van der Waals surface area contributed by atoms with Gasteiger partial charge in [-0.15, -0.1) is 0 Å². The van der Waals surface area contributed by atoms with E-state index in [4.69, 9.17) is 4.74 Å². The smallest absolute Gasteiger partial charge is 0.126 e. The van der Waals surface area contributed by atoms with Gasteiger partial charge in [0, 0.05) is 12.5 Å². The molecule has 0 aromatic heterocycles. The largest absolute Gasteiger partial charge is 0.493 e. The molecule has 0 saturated heterocycles. The maximum atomic E-state index is 5.84. The first-order chi connectivity index (χ1) is 8.75. The fourth-order valence-corrected chi connectivity index (χ4v) is 3.14. The van der Waals surface area contributed by atoms with E-state index in [2.05, 4.69) is 37.4 Å². The molecule has 1 aromatic rings. The quantitative estimate of drug-likeness (QED) is 0.880. The highest BCUT2D eigenvalue weighted by Gasteiger charge is 2.34. The molecule has 1 aromatic carbocycles. The first-order valence-electron chi connectivity index (χ1n) is 7.23. The second-order valence-electron chi connectivity index (χ2n) is 5.94. The molecular weight excluding hydrogens is 222 g/mol. The average molecular weight is 245 g/mol. The number of ether oxygens (including phenoxy) is 1. The molecule has 2 aliphatic rings. The highest BCUT2D eigenvalue weighted by atomic mass is 16.5. The topological polar surface area (TPSA) is 21.3 Å². The zero-order valence-electron chi connectivity index (χ0n) is 11.4. The van der Waals surface area contributed by atoms with Crippen LogP contribution in [0, 0.1) is 5.92 Å². The predicted molar refractivity (Wildman–Crippen MR) is 74.2 cm³/mol. The van der Waals surface area contributed by atoms with Crippen molar-refractivity contribution in [2.45, 2.75) is 45.1 Å². The lowest BCUT2D eigenvalue weighted by atomic mass is 9.69. The molecule has 2 unspecified atom stereocenters. The molecule has 3 rings (SSSR count). The number of benzene rings is 1. The molecule has 0 bridgehead atoms. The van der Waals surface area contributed by atoms with Gasteiger partial charge in [-0.2, -0.15) is 0 Å². The third kappa shape index (κ3) is 2.14. The Balaban J connectivity index is 1.73. The van der Waals surface area contributed by atoms with Crippen LogP contribution in [-0.2, 0) is 6.42 Å². The highest BCUT2D eigenvalue weighted by molar-refractivity contribution is 5.46. The minimum Gasteiger partial charge on any atom is -0.493 e. The van der Waals surface area contributed by atoms with Crippen molar-refractivity contribution < 1.29 is 4.74 Å². The molecule has 0 radical (unpaired) electrons. The SMILES string of the molecule is CC(C)NCC1CCC1c1cccc2c1OCC2. The second kappa shape index (κ2) is 4.93. The molecule has 2 nitrogen and oxygen atoms in total. The summed E-state index contributed by atoms with van der Waals surface area (Å²) in [4.78, 5) is 0. The molecule has 1 saturated carbocycles. The number of fused-ring (bicyclic) bond motifs is 1. The van der Waals surface area contributed by atoms with E-state index in [0.717, 1.165) is 25.5 Å². The maximum absolute atomic E-state index is 5.84. The van der Waals surface area contributed by atoms with Crippen LogP contribution in [0.2, 0.25) is 0 Å². The summed E-state index contributed by atoms with van der Waals surface area (Å²) in [5.41, 5.74) is 2.88. The van der Waals surface area contributed by atoms with Crippen molar-refractivity contribution in [3.05, 3.63) is 29.3 Å². The van der Waals surface area contributed by atoms with Crippen LogP contribution in [0.5, 0.6) is 5.75 Å². The van der Waals surface area contributed by atoms with Crippen LogP contribution in [0.15, 0.2) is 18.2 Å². The van der Waals surface area contributed by atoms with Gasteiger partial charge in [0.1, 0.15) is 5.75 Å². The molecule has 1 heterocycles. The number of nitrogens with one attached hydrogen (secondary N) is 1. The van der Waals surface area contributed by atoms with Crippen LogP contribution in [0.1, 0.15) is 43.7 Å². The van der Waals surface area contributed by atoms with Gasteiger partial charge < -0.3 is 10.1 Å². The minimum absolute atomic E-state index is 0.587. The normalized spacial score (nSPS) is 25.7. The van der Waals surface area contributed by atoms with Crippen molar-refractivity contribution in [3.63, 3.8) is 0 Å². The van der Waals surface area contributed by atoms with Gasteiger partial charge in [0.15, 0.2) is 0 Å². The van der Waals surface area contributed by atoms with Gasteiger partial charge in [0.2, 0.25) is 0 Å². The number of hydrogen-bond donors (Lipinski definition) is 1. The zero-order chi connectivity index (χ0) is 12.5. The summed E-state index contributed by atoms with van der Waals surface area (Å²) in [5.74, 6) is 2.71. The number of rotatable bonds is 4. The van der Waals surface area contributed by atoms with E-state index in [0.29, 0.717) is 12.0 Å². The Kier molecular flexibility index (Phi) is 3.29. The van der Waals surface area contributed by atoms with E-state index in [9.17, 15) is 0 Å². The molecule has 1 aliphatic carbocycles. The first-order valence-corrected chi connectivity index (χ1v) is 7.23. The Morgan fingerprint density at radius 2 is 2.22 bits per heavy atom. The van der Waals surface area contributed by atoms with Crippen molar-refractivity contribution in [1.29, 1.82) is 0 Å². The number of hydrogen-bond acceptors (Lipinski definition) is 2. The third-order valence-corrected chi connectivity index (χ3v) is 4.35. The lowest BCUT2D eigenvalue weighted by Gasteiger charge is -2.38. The predicted octanol–water partition coefficient (Wildman–Crippen LogP) is 3.11. The molecular formula is C16H23NO. The van der Waals surface area contributed by atoms with E-state index in [1.165, 1.54) is 29.7 Å². The molecule has 0 spiro atoms. The Morgan fingerprint density at radius 1 is 1.33 bits per heavy atom. The summed E-state index contributed by atoms with van der Waals surface area (Å²) in [6.45, 7) is 6.45. The standard InChI is InChI=1S/C16H23NO/c1-11(2)17-10-13-6-7-14(13)15-5-3-4-12-8-9-18-16(12)15/h3-5,11,13-14,17H,6-10H2,1-2H3. The van der Waals surface area contributed by atoms with Crippen molar-refractivity contribution in [1.82, 2.24) is 5.32 Å². The Hall–Kier alpha value is -1.02. The Morgan fingerprint density at radius 3 is 2.94 bits per heavy atom. The molecule has 2 heteroatoms. The summed E-state index contributed by atoms with van der Waals surface area (Å²) in [6, 6.07) is 7.28. The van der Waals surface area contributed by atoms with E-state index < -0.39 is 0 Å². The molecule has 1 fully saturated rings. The first kappa shape index (κ1) is 12.0.